The molecule has 1 aromatic carbocycles. The predicted molar refractivity (Wildman–Crippen MR) is 66.3 cm³/mol. The molecule has 0 saturated heterocycles. The number of hydrogen-bond donors (Lipinski definition) is 3. The molecule has 0 unspecified atom stereocenters. The van der Waals surface area contributed by atoms with E-state index < -0.39 is 0 Å². The molecule has 0 aliphatic rings. The lowest BCUT2D eigenvalue weighted by atomic mass is 10.1. The highest BCUT2D eigenvalue weighted by atomic mass is 16.5. The van der Waals surface area contributed by atoms with Gasteiger partial charge in [0.25, 0.3) is 0 Å². The Morgan fingerprint density at radius 2 is 2.19 bits per heavy atom. The fourth-order valence-electron chi connectivity index (χ4n) is 1.36. The number of aliphatic imine (C=N–C) groups is 1. The SMILES string of the molecule is CN=C(NN)Nc1ccccc1CCOC. The monoisotopic (exact) mass is 222 g/mol. The standard InChI is InChI=1S/C11H18N4O/c1-13-11(15-12)14-10-6-4-3-5-9(10)7-8-16-2/h3-6H,7-8,12H2,1-2H3,(H2,13,14,15). The van der Waals surface area contributed by atoms with Crippen LogP contribution in [0.15, 0.2) is 29.3 Å². The fourth-order valence-corrected chi connectivity index (χ4v) is 1.36. The predicted octanol–water partition coefficient (Wildman–Crippen LogP) is 0.736. The molecule has 0 amide bonds. The third kappa shape index (κ3) is 3.52. The maximum absolute atomic E-state index is 5.31. The molecule has 0 aliphatic heterocycles. The molecule has 4 N–H and O–H groups in total. The number of para-hydroxylation sites is 1. The molecular formula is C11H18N4O. The van der Waals surface area contributed by atoms with Gasteiger partial charge in [-0.05, 0) is 18.1 Å². The molecule has 0 saturated carbocycles. The molecule has 0 atom stereocenters. The van der Waals surface area contributed by atoms with E-state index in [1.54, 1.807) is 14.2 Å². The molecule has 0 heterocycles. The van der Waals surface area contributed by atoms with Gasteiger partial charge in [0, 0.05) is 19.8 Å². The second-order valence-corrected chi connectivity index (χ2v) is 3.24. The highest BCUT2D eigenvalue weighted by molar-refractivity contribution is 5.93. The van der Waals surface area contributed by atoms with Gasteiger partial charge < -0.3 is 10.1 Å². The van der Waals surface area contributed by atoms with Gasteiger partial charge in [-0.1, -0.05) is 18.2 Å². The molecule has 0 spiro atoms. The van der Waals surface area contributed by atoms with Gasteiger partial charge in [0.05, 0.1) is 6.61 Å². The Balaban J connectivity index is 2.77. The highest BCUT2D eigenvalue weighted by Crippen LogP contribution is 2.15. The van der Waals surface area contributed by atoms with Gasteiger partial charge >= 0.3 is 0 Å². The maximum Gasteiger partial charge on any atom is 0.209 e. The van der Waals surface area contributed by atoms with E-state index in [1.807, 2.05) is 24.3 Å². The van der Waals surface area contributed by atoms with Gasteiger partial charge in [-0.2, -0.15) is 0 Å². The number of benzene rings is 1. The molecule has 0 radical (unpaired) electrons. The van der Waals surface area contributed by atoms with Crippen molar-refractivity contribution in [1.29, 1.82) is 0 Å². The molecular weight excluding hydrogens is 204 g/mol. The van der Waals surface area contributed by atoms with Crippen molar-refractivity contribution in [2.24, 2.45) is 10.8 Å². The lowest BCUT2D eigenvalue weighted by molar-refractivity contribution is 0.202. The first-order valence-corrected chi connectivity index (χ1v) is 5.09. The van der Waals surface area contributed by atoms with Gasteiger partial charge in [0.2, 0.25) is 5.96 Å². The number of hydrogen-bond acceptors (Lipinski definition) is 3. The minimum Gasteiger partial charge on any atom is -0.384 e. The van der Waals surface area contributed by atoms with Crippen molar-refractivity contribution < 1.29 is 4.74 Å². The van der Waals surface area contributed by atoms with E-state index in [0.29, 0.717) is 12.6 Å². The molecule has 0 bridgehead atoms. The molecule has 5 heteroatoms. The lowest BCUT2D eigenvalue weighted by Gasteiger charge is -2.12. The second kappa shape index (κ2) is 6.81. The van der Waals surface area contributed by atoms with Crippen molar-refractivity contribution >= 4 is 11.6 Å². The van der Waals surface area contributed by atoms with Crippen molar-refractivity contribution in [3.63, 3.8) is 0 Å². The van der Waals surface area contributed by atoms with E-state index in [-0.39, 0.29) is 0 Å². The van der Waals surface area contributed by atoms with Crippen LogP contribution in [0.1, 0.15) is 5.56 Å². The summed E-state index contributed by atoms with van der Waals surface area (Å²) in [6.07, 6.45) is 0.848. The fraction of sp³-hybridized carbons (Fsp3) is 0.364. The second-order valence-electron chi connectivity index (χ2n) is 3.24. The Kier molecular flexibility index (Phi) is 5.31. The van der Waals surface area contributed by atoms with Crippen LogP contribution in [0.25, 0.3) is 0 Å². The van der Waals surface area contributed by atoms with Gasteiger partial charge in [-0.15, -0.1) is 0 Å². The van der Waals surface area contributed by atoms with Gasteiger partial charge in [-0.3, -0.25) is 10.4 Å². The zero-order valence-electron chi connectivity index (χ0n) is 9.66. The molecule has 5 nitrogen and oxygen atoms in total. The summed E-state index contributed by atoms with van der Waals surface area (Å²) in [5, 5.41) is 3.11. The molecule has 0 fully saturated rings. The summed E-state index contributed by atoms with van der Waals surface area (Å²) in [5.74, 6) is 5.85. The summed E-state index contributed by atoms with van der Waals surface area (Å²) in [7, 11) is 3.36. The van der Waals surface area contributed by atoms with E-state index in [2.05, 4.69) is 15.7 Å². The number of ether oxygens (including phenoxy) is 1. The first kappa shape index (κ1) is 12.5. The summed E-state index contributed by atoms with van der Waals surface area (Å²) >= 11 is 0. The Hall–Kier alpha value is -1.59. The van der Waals surface area contributed by atoms with Crippen molar-refractivity contribution in [3.8, 4) is 0 Å². The lowest BCUT2D eigenvalue weighted by Crippen LogP contribution is -2.36. The van der Waals surface area contributed by atoms with Crippen LogP contribution in [0.2, 0.25) is 0 Å². The van der Waals surface area contributed by atoms with Crippen LogP contribution in [0.5, 0.6) is 0 Å². The number of nitrogens with one attached hydrogen (secondary N) is 2. The topological polar surface area (TPSA) is 71.7 Å². The number of rotatable bonds is 4. The average Bonchev–Trinajstić information content (AvgIpc) is 2.34. The number of anilines is 1. The maximum atomic E-state index is 5.31. The smallest absolute Gasteiger partial charge is 0.209 e. The van der Waals surface area contributed by atoms with Gasteiger partial charge in [0.1, 0.15) is 0 Å². The Labute approximate surface area is 95.7 Å². The minimum absolute atomic E-state index is 0.532. The largest absolute Gasteiger partial charge is 0.384 e. The molecule has 16 heavy (non-hydrogen) atoms. The van der Waals surface area contributed by atoms with E-state index >= 15 is 0 Å². The van der Waals surface area contributed by atoms with Crippen LogP contribution >= 0.6 is 0 Å². The van der Waals surface area contributed by atoms with Crippen LogP contribution < -0.4 is 16.6 Å². The Morgan fingerprint density at radius 3 is 2.81 bits per heavy atom. The summed E-state index contributed by atoms with van der Waals surface area (Å²) < 4.78 is 5.06. The molecule has 0 aromatic heterocycles. The molecule has 88 valence electrons. The zero-order valence-corrected chi connectivity index (χ0v) is 9.66. The Morgan fingerprint density at radius 1 is 1.44 bits per heavy atom. The Bertz CT molecular complexity index is 352. The van der Waals surface area contributed by atoms with E-state index in [1.165, 1.54) is 5.56 Å². The van der Waals surface area contributed by atoms with Crippen LogP contribution in [-0.2, 0) is 11.2 Å². The van der Waals surface area contributed by atoms with E-state index in [0.717, 1.165) is 12.1 Å². The van der Waals surface area contributed by atoms with E-state index in [9.17, 15) is 0 Å². The normalized spacial score (nSPS) is 11.3. The van der Waals surface area contributed by atoms with Crippen LogP contribution in [0, 0.1) is 0 Å². The molecule has 1 rings (SSSR count). The summed E-state index contributed by atoms with van der Waals surface area (Å²) in [6.45, 7) is 0.688. The molecule has 0 aliphatic carbocycles. The highest BCUT2D eigenvalue weighted by Gasteiger charge is 2.03. The third-order valence-electron chi connectivity index (χ3n) is 2.21. The summed E-state index contributed by atoms with van der Waals surface area (Å²) in [4.78, 5) is 3.96. The molecule has 1 aromatic rings. The number of guanidine groups is 1. The van der Waals surface area contributed by atoms with Crippen molar-refractivity contribution in [2.75, 3.05) is 26.1 Å². The number of nitrogens with two attached hydrogens (primary N) is 1. The minimum atomic E-state index is 0.532. The van der Waals surface area contributed by atoms with Gasteiger partial charge in [-0.25, -0.2) is 5.84 Å². The summed E-state index contributed by atoms with van der Waals surface area (Å²) in [6, 6.07) is 7.98. The van der Waals surface area contributed by atoms with Crippen LogP contribution in [0.4, 0.5) is 5.69 Å². The first-order valence-electron chi connectivity index (χ1n) is 5.09. The number of methoxy groups -OCH3 is 1. The van der Waals surface area contributed by atoms with Gasteiger partial charge in [0.15, 0.2) is 0 Å². The number of hydrazine groups is 1. The number of nitrogens with zero attached hydrogens (tertiary/aromatic N) is 1. The summed E-state index contributed by atoms with van der Waals surface area (Å²) in [5.41, 5.74) is 4.64. The van der Waals surface area contributed by atoms with Crippen LogP contribution in [-0.4, -0.2) is 26.7 Å². The first-order chi connectivity index (χ1) is 7.81. The van der Waals surface area contributed by atoms with Crippen molar-refractivity contribution in [3.05, 3.63) is 29.8 Å². The van der Waals surface area contributed by atoms with E-state index in [4.69, 9.17) is 10.6 Å². The third-order valence-corrected chi connectivity index (χ3v) is 2.21. The van der Waals surface area contributed by atoms with Crippen molar-refractivity contribution in [1.82, 2.24) is 5.43 Å². The zero-order chi connectivity index (χ0) is 11.8. The van der Waals surface area contributed by atoms with Crippen molar-refractivity contribution in [2.45, 2.75) is 6.42 Å². The quantitative estimate of drug-likeness (QED) is 0.304. The van der Waals surface area contributed by atoms with Crippen LogP contribution in [0.3, 0.4) is 0 Å². The average molecular weight is 222 g/mol.